The van der Waals surface area contributed by atoms with Crippen LogP contribution in [0.4, 0.5) is 19.0 Å². The van der Waals surface area contributed by atoms with Crippen LogP contribution in [-0.4, -0.2) is 61.3 Å². The average molecular weight is 458 g/mol. The number of carbonyl (C=O) groups excluding carboxylic acids is 1. The molecule has 3 aliphatic rings. The van der Waals surface area contributed by atoms with E-state index in [1.807, 2.05) is 11.0 Å². The molecular weight excluding hydrogens is 437 g/mol. The summed E-state index contributed by atoms with van der Waals surface area (Å²) in [5, 5.41) is 4.25. The number of nitrogens with zero attached hydrogens (tertiary/aromatic N) is 6. The normalized spacial score (nSPS) is 26.4. The molecule has 3 aromatic heterocycles. The molecule has 1 amide bonds. The third kappa shape index (κ3) is 3.28. The van der Waals surface area contributed by atoms with Crippen molar-refractivity contribution in [1.82, 2.24) is 24.1 Å². The molecule has 33 heavy (non-hydrogen) atoms. The Morgan fingerprint density at radius 2 is 1.82 bits per heavy atom. The molecule has 0 radical (unpaired) electrons. The van der Waals surface area contributed by atoms with E-state index in [1.54, 1.807) is 10.7 Å². The summed E-state index contributed by atoms with van der Waals surface area (Å²) >= 11 is 0. The fourth-order valence-electron chi connectivity index (χ4n) is 5.19. The minimum Gasteiger partial charge on any atom is -0.351 e. The Labute approximate surface area is 186 Å². The number of rotatable bonds is 4. The maximum absolute atomic E-state index is 13.5. The standard InChI is InChI=1S/C22H21F3N6O2/c23-17-6-16(17)21(33)31-14-2-3-15(31)10-28(9-14)20-18-5-13(8-30(18)27-11-26-20)12-1-4-19(32)29(7-12)22(24)25/h1,4-5,7-8,11,14-17,22H,2-3,6,9-10H2/t14?,15?,16-,17-/m1/s1. The molecule has 3 fully saturated rings. The first kappa shape index (κ1) is 20.3. The van der Waals surface area contributed by atoms with E-state index >= 15 is 0 Å². The second-order valence-corrected chi connectivity index (χ2v) is 8.98. The van der Waals surface area contributed by atoms with Crippen molar-refractivity contribution in [2.24, 2.45) is 5.92 Å². The number of carbonyl (C=O) groups is 1. The van der Waals surface area contributed by atoms with Crippen LogP contribution in [0.2, 0.25) is 0 Å². The highest BCUT2D eigenvalue weighted by Crippen LogP contribution is 2.41. The van der Waals surface area contributed by atoms with Gasteiger partial charge in [-0.15, -0.1) is 0 Å². The Hall–Kier alpha value is -3.37. The SMILES string of the molecule is O=C([C@@H]1C[C@H]1F)N1C2CCC1CN(c1ncnn3cc(-c4ccc(=O)n(C(F)F)c4)cc13)C2. The van der Waals surface area contributed by atoms with Gasteiger partial charge in [0.25, 0.3) is 5.56 Å². The largest absolute Gasteiger partial charge is 0.351 e. The summed E-state index contributed by atoms with van der Waals surface area (Å²) in [6.45, 7) is -1.74. The van der Waals surface area contributed by atoms with Crippen LogP contribution in [-0.2, 0) is 4.79 Å². The van der Waals surface area contributed by atoms with E-state index < -0.39 is 24.2 Å². The topological polar surface area (TPSA) is 75.7 Å². The fourth-order valence-corrected chi connectivity index (χ4v) is 5.19. The second-order valence-electron chi connectivity index (χ2n) is 8.98. The van der Waals surface area contributed by atoms with Gasteiger partial charge in [0.2, 0.25) is 5.91 Å². The van der Waals surface area contributed by atoms with Gasteiger partial charge in [-0.05, 0) is 31.4 Å². The molecule has 1 aliphatic carbocycles. The molecule has 172 valence electrons. The van der Waals surface area contributed by atoms with Crippen LogP contribution < -0.4 is 10.5 Å². The van der Waals surface area contributed by atoms with E-state index in [-0.39, 0.29) is 18.0 Å². The Balaban J connectivity index is 1.31. The average Bonchev–Trinajstić information content (AvgIpc) is 3.26. The lowest BCUT2D eigenvalue weighted by Crippen LogP contribution is -2.56. The molecule has 0 aromatic carbocycles. The van der Waals surface area contributed by atoms with E-state index in [1.165, 1.54) is 12.4 Å². The van der Waals surface area contributed by atoms with Crippen LogP contribution >= 0.6 is 0 Å². The highest BCUT2D eigenvalue weighted by atomic mass is 19.3. The summed E-state index contributed by atoms with van der Waals surface area (Å²) in [5.41, 5.74) is 1.02. The molecule has 6 rings (SSSR count). The van der Waals surface area contributed by atoms with Gasteiger partial charge in [0.15, 0.2) is 5.82 Å². The number of hydrogen-bond acceptors (Lipinski definition) is 5. The Morgan fingerprint density at radius 1 is 1.09 bits per heavy atom. The summed E-state index contributed by atoms with van der Waals surface area (Å²) < 4.78 is 41.8. The van der Waals surface area contributed by atoms with Crippen molar-refractivity contribution < 1.29 is 18.0 Å². The zero-order valence-corrected chi connectivity index (χ0v) is 17.5. The number of piperazine rings is 1. The monoisotopic (exact) mass is 458 g/mol. The van der Waals surface area contributed by atoms with Crippen LogP contribution in [0.3, 0.4) is 0 Å². The molecule has 2 unspecified atom stereocenters. The maximum Gasteiger partial charge on any atom is 0.321 e. The molecule has 2 saturated heterocycles. The van der Waals surface area contributed by atoms with Gasteiger partial charge in [0.1, 0.15) is 18.0 Å². The molecule has 4 atom stereocenters. The fraction of sp³-hybridized carbons (Fsp3) is 0.455. The summed E-state index contributed by atoms with van der Waals surface area (Å²) in [5.74, 6) is 0.147. The van der Waals surface area contributed by atoms with Crippen LogP contribution in [0, 0.1) is 5.92 Å². The van der Waals surface area contributed by atoms with Crippen molar-refractivity contribution in [3.63, 3.8) is 0 Å². The summed E-state index contributed by atoms with van der Waals surface area (Å²) in [4.78, 5) is 32.9. The number of alkyl halides is 3. The Morgan fingerprint density at radius 3 is 2.48 bits per heavy atom. The summed E-state index contributed by atoms with van der Waals surface area (Å²) in [6.07, 6.45) is 5.35. The molecule has 5 heterocycles. The smallest absolute Gasteiger partial charge is 0.321 e. The molecule has 2 aliphatic heterocycles. The Kier molecular flexibility index (Phi) is 4.49. The predicted molar refractivity (Wildman–Crippen MR) is 113 cm³/mol. The van der Waals surface area contributed by atoms with Gasteiger partial charge in [-0.1, -0.05) is 0 Å². The van der Waals surface area contributed by atoms with Gasteiger partial charge < -0.3 is 9.80 Å². The Bertz CT molecular complexity index is 1290. The van der Waals surface area contributed by atoms with E-state index in [9.17, 15) is 22.8 Å². The highest BCUT2D eigenvalue weighted by Gasteiger charge is 2.51. The highest BCUT2D eigenvalue weighted by molar-refractivity contribution is 5.84. The van der Waals surface area contributed by atoms with Crippen molar-refractivity contribution in [2.45, 2.75) is 44.1 Å². The van der Waals surface area contributed by atoms with Crippen LogP contribution in [0.15, 0.2) is 41.7 Å². The van der Waals surface area contributed by atoms with Gasteiger partial charge in [0.05, 0.1) is 5.92 Å². The second kappa shape index (κ2) is 7.32. The van der Waals surface area contributed by atoms with Crippen molar-refractivity contribution in [3.8, 4) is 11.1 Å². The van der Waals surface area contributed by atoms with Gasteiger partial charge in [-0.2, -0.15) is 13.9 Å². The van der Waals surface area contributed by atoms with Crippen molar-refractivity contribution in [2.75, 3.05) is 18.0 Å². The number of anilines is 1. The number of halogens is 3. The molecule has 0 spiro atoms. The van der Waals surface area contributed by atoms with E-state index in [2.05, 4.69) is 15.0 Å². The number of fused-ring (bicyclic) bond motifs is 3. The van der Waals surface area contributed by atoms with Gasteiger partial charge >= 0.3 is 6.55 Å². The number of amides is 1. The molecular formula is C22H21F3N6O2. The lowest BCUT2D eigenvalue weighted by molar-refractivity contribution is -0.136. The number of pyridine rings is 1. The molecule has 0 N–H and O–H groups in total. The number of aromatic nitrogens is 4. The van der Waals surface area contributed by atoms with E-state index in [4.69, 9.17) is 0 Å². The maximum atomic E-state index is 13.5. The molecule has 11 heteroatoms. The van der Waals surface area contributed by atoms with E-state index in [0.717, 1.165) is 25.1 Å². The van der Waals surface area contributed by atoms with Gasteiger partial charge in [-0.25, -0.2) is 13.9 Å². The van der Waals surface area contributed by atoms with Crippen LogP contribution in [0.1, 0.15) is 25.8 Å². The summed E-state index contributed by atoms with van der Waals surface area (Å²) in [7, 11) is 0. The quantitative estimate of drug-likeness (QED) is 0.601. The number of hydrogen-bond donors (Lipinski definition) is 0. The minimum absolute atomic E-state index is 0.0168. The molecule has 3 aromatic rings. The van der Waals surface area contributed by atoms with Crippen molar-refractivity contribution in [1.29, 1.82) is 0 Å². The lowest BCUT2D eigenvalue weighted by atomic mass is 10.1. The molecule has 1 saturated carbocycles. The van der Waals surface area contributed by atoms with Gasteiger partial charge in [-0.3, -0.25) is 14.2 Å². The lowest BCUT2D eigenvalue weighted by Gasteiger charge is -2.41. The van der Waals surface area contributed by atoms with E-state index in [0.29, 0.717) is 46.5 Å². The first-order valence-electron chi connectivity index (χ1n) is 11.0. The third-order valence-corrected chi connectivity index (χ3v) is 6.93. The zero-order valence-electron chi connectivity index (χ0n) is 17.5. The summed E-state index contributed by atoms with van der Waals surface area (Å²) in [6, 6.07) is 4.46. The van der Waals surface area contributed by atoms with Crippen LogP contribution in [0.5, 0.6) is 0 Å². The zero-order chi connectivity index (χ0) is 22.9. The van der Waals surface area contributed by atoms with Crippen molar-refractivity contribution >= 4 is 17.2 Å². The first-order chi connectivity index (χ1) is 15.9. The predicted octanol–water partition coefficient (Wildman–Crippen LogP) is 2.49. The first-order valence-corrected chi connectivity index (χ1v) is 11.0. The van der Waals surface area contributed by atoms with Crippen LogP contribution in [0.25, 0.3) is 16.6 Å². The molecule has 2 bridgehead atoms. The third-order valence-electron chi connectivity index (χ3n) is 6.93. The van der Waals surface area contributed by atoms with Gasteiger partial charge in [0, 0.05) is 54.8 Å². The van der Waals surface area contributed by atoms with Crippen molar-refractivity contribution in [3.05, 3.63) is 47.3 Å². The molecule has 8 nitrogen and oxygen atoms in total. The minimum atomic E-state index is -2.93.